The Morgan fingerprint density at radius 1 is 0.828 bits per heavy atom. The molecule has 0 bridgehead atoms. The fourth-order valence-corrected chi connectivity index (χ4v) is 3.77. The van der Waals surface area contributed by atoms with E-state index in [0.717, 1.165) is 30.5 Å². The maximum Gasteiger partial charge on any atom is 0.251 e. The average molecular weight is 384 g/mol. The molecule has 0 unspecified atom stereocenters. The monoisotopic (exact) mass is 384 g/mol. The molecule has 4 rings (SSSR count). The van der Waals surface area contributed by atoms with Crippen molar-refractivity contribution in [2.45, 2.75) is 31.7 Å². The van der Waals surface area contributed by atoms with Gasteiger partial charge in [-0.05, 0) is 60.2 Å². The maximum atomic E-state index is 13.1. The lowest BCUT2D eigenvalue weighted by atomic mass is 10.0. The number of nitrogens with one attached hydrogen (secondary N) is 2. The van der Waals surface area contributed by atoms with Crippen molar-refractivity contribution in [1.82, 2.24) is 5.32 Å². The Labute approximate surface area is 171 Å². The van der Waals surface area contributed by atoms with Crippen LogP contribution in [-0.4, -0.2) is 17.9 Å². The van der Waals surface area contributed by atoms with E-state index < -0.39 is 6.04 Å². The number of carbonyl (C=O) groups is 2. The van der Waals surface area contributed by atoms with Crippen molar-refractivity contribution in [3.63, 3.8) is 0 Å². The van der Waals surface area contributed by atoms with Gasteiger partial charge in [-0.15, -0.1) is 0 Å². The minimum absolute atomic E-state index is 0.212. The molecule has 0 saturated heterocycles. The fraction of sp³-hybridized carbons (Fsp3) is 0.200. The van der Waals surface area contributed by atoms with E-state index in [1.807, 2.05) is 54.6 Å². The highest BCUT2D eigenvalue weighted by Gasteiger charge is 2.22. The Balaban J connectivity index is 1.52. The average Bonchev–Trinajstić information content (AvgIpc) is 3.22. The minimum Gasteiger partial charge on any atom is -0.340 e. The Morgan fingerprint density at radius 3 is 2.28 bits per heavy atom. The number of amides is 2. The fourth-order valence-electron chi connectivity index (χ4n) is 3.77. The molecular formula is C25H24N2O2. The molecule has 29 heavy (non-hydrogen) atoms. The summed E-state index contributed by atoms with van der Waals surface area (Å²) >= 11 is 0. The van der Waals surface area contributed by atoms with Gasteiger partial charge in [0.2, 0.25) is 5.91 Å². The van der Waals surface area contributed by atoms with E-state index >= 15 is 0 Å². The van der Waals surface area contributed by atoms with E-state index in [1.165, 1.54) is 11.1 Å². The molecular weight excluding hydrogens is 360 g/mol. The van der Waals surface area contributed by atoms with E-state index in [-0.39, 0.29) is 11.8 Å². The van der Waals surface area contributed by atoms with Gasteiger partial charge in [0, 0.05) is 17.7 Å². The molecule has 3 aromatic rings. The summed E-state index contributed by atoms with van der Waals surface area (Å²) < 4.78 is 0. The van der Waals surface area contributed by atoms with Crippen LogP contribution in [-0.2, 0) is 24.1 Å². The molecule has 4 heteroatoms. The molecule has 146 valence electrons. The van der Waals surface area contributed by atoms with E-state index in [1.54, 1.807) is 12.1 Å². The Morgan fingerprint density at radius 2 is 1.52 bits per heavy atom. The van der Waals surface area contributed by atoms with E-state index in [4.69, 9.17) is 0 Å². The van der Waals surface area contributed by atoms with Gasteiger partial charge in [0.05, 0.1) is 0 Å². The zero-order chi connectivity index (χ0) is 20.1. The molecule has 4 nitrogen and oxygen atoms in total. The quantitative estimate of drug-likeness (QED) is 0.671. The molecule has 0 radical (unpaired) electrons. The maximum absolute atomic E-state index is 13.1. The Hall–Kier alpha value is -3.40. The Kier molecular flexibility index (Phi) is 5.71. The van der Waals surface area contributed by atoms with Crippen LogP contribution in [0.4, 0.5) is 5.69 Å². The summed E-state index contributed by atoms with van der Waals surface area (Å²) in [5.41, 5.74) is 4.98. The van der Waals surface area contributed by atoms with Crippen molar-refractivity contribution in [3.8, 4) is 0 Å². The van der Waals surface area contributed by atoms with Gasteiger partial charge in [-0.1, -0.05) is 54.6 Å². The number of hydrogen-bond acceptors (Lipinski definition) is 2. The van der Waals surface area contributed by atoms with Gasteiger partial charge in [0.15, 0.2) is 0 Å². The molecule has 1 aliphatic carbocycles. The normalized spacial score (nSPS) is 13.4. The third kappa shape index (κ3) is 4.72. The van der Waals surface area contributed by atoms with Crippen LogP contribution >= 0.6 is 0 Å². The molecule has 0 aromatic heterocycles. The molecule has 2 N–H and O–H groups in total. The molecule has 0 aliphatic heterocycles. The van der Waals surface area contributed by atoms with Gasteiger partial charge in [-0.25, -0.2) is 0 Å². The van der Waals surface area contributed by atoms with Crippen molar-refractivity contribution < 1.29 is 9.59 Å². The summed E-state index contributed by atoms with van der Waals surface area (Å²) in [6, 6.07) is 24.1. The van der Waals surface area contributed by atoms with E-state index in [0.29, 0.717) is 12.0 Å². The van der Waals surface area contributed by atoms with Gasteiger partial charge < -0.3 is 10.6 Å². The van der Waals surface area contributed by atoms with E-state index in [9.17, 15) is 9.59 Å². The summed E-state index contributed by atoms with van der Waals surface area (Å²) in [5, 5.41) is 5.90. The minimum atomic E-state index is -0.668. The first-order valence-corrected chi connectivity index (χ1v) is 10.0. The lowest BCUT2D eigenvalue weighted by molar-refractivity contribution is -0.118. The van der Waals surface area contributed by atoms with Gasteiger partial charge in [0.1, 0.15) is 6.04 Å². The third-order valence-corrected chi connectivity index (χ3v) is 5.31. The van der Waals surface area contributed by atoms with Crippen LogP contribution in [0.2, 0.25) is 0 Å². The number of fused-ring (bicyclic) bond motifs is 1. The lowest BCUT2D eigenvalue weighted by Gasteiger charge is -2.19. The number of aryl methyl sites for hydroxylation is 2. The second-order valence-electron chi connectivity index (χ2n) is 7.41. The SMILES string of the molecule is O=C(N[C@H](Cc1ccccc1)C(=O)Nc1ccc2c(c1)CCC2)c1ccccc1. The van der Waals surface area contributed by atoms with Gasteiger partial charge >= 0.3 is 0 Å². The van der Waals surface area contributed by atoms with Crippen LogP contribution in [0.5, 0.6) is 0 Å². The van der Waals surface area contributed by atoms with Crippen LogP contribution < -0.4 is 10.6 Å². The first kappa shape index (κ1) is 18.9. The molecule has 2 amide bonds. The van der Waals surface area contributed by atoms with Gasteiger partial charge in [-0.2, -0.15) is 0 Å². The van der Waals surface area contributed by atoms with Crippen molar-refractivity contribution in [2.75, 3.05) is 5.32 Å². The third-order valence-electron chi connectivity index (χ3n) is 5.31. The molecule has 0 spiro atoms. The first-order chi connectivity index (χ1) is 14.2. The lowest BCUT2D eigenvalue weighted by Crippen LogP contribution is -2.45. The predicted octanol–water partition coefficient (Wildman–Crippen LogP) is 4.16. The van der Waals surface area contributed by atoms with E-state index in [2.05, 4.69) is 22.8 Å². The van der Waals surface area contributed by atoms with Gasteiger partial charge in [0.25, 0.3) is 5.91 Å². The van der Waals surface area contributed by atoms with Crippen LogP contribution in [0, 0.1) is 0 Å². The van der Waals surface area contributed by atoms with Gasteiger partial charge in [-0.3, -0.25) is 9.59 Å². The highest BCUT2D eigenvalue weighted by molar-refractivity contribution is 6.01. The molecule has 1 atom stereocenters. The topological polar surface area (TPSA) is 58.2 Å². The van der Waals surface area contributed by atoms with Crippen molar-refractivity contribution in [3.05, 3.63) is 101 Å². The van der Waals surface area contributed by atoms with Crippen molar-refractivity contribution in [1.29, 1.82) is 0 Å². The molecule has 3 aromatic carbocycles. The molecule has 0 fully saturated rings. The largest absolute Gasteiger partial charge is 0.340 e. The molecule has 0 heterocycles. The van der Waals surface area contributed by atoms with Crippen LogP contribution in [0.25, 0.3) is 0 Å². The summed E-state index contributed by atoms with van der Waals surface area (Å²) in [5.74, 6) is -0.466. The predicted molar refractivity (Wildman–Crippen MR) is 115 cm³/mol. The summed E-state index contributed by atoms with van der Waals surface area (Å²) in [6.45, 7) is 0. The van der Waals surface area contributed by atoms with Crippen molar-refractivity contribution >= 4 is 17.5 Å². The van der Waals surface area contributed by atoms with Crippen LogP contribution in [0.15, 0.2) is 78.9 Å². The number of anilines is 1. The number of benzene rings is 3. The smallest absolute Gasteiger partial charge is 0.251 e. The zero-order valence-electron chi connectivity index (χ0n) is 16.2. The summed E-state index contributed by atoms with van der Waals surface area (Å²) in [4.78, 5) is 25.7. The Bertz CT molecular complexity index is 1000. The second-order valence-corrected chi connectivity index (χ2v) is 7.41. The molecule has 0 saturated carbocycles. The molecule has 1 aliphatic rings. The standard InChI is InChI=1S/C25H24N2O2/c28-24(20-10-5-2-6-11-20)27-23(16-18-8-3-1-4-9-18)25(29)26-22-15-14-19-12-7-13-21(19)17-22/h1-6,8-11,14-15,17,23H,7,12-13,16H2,(H,26,29)(H,27,28)/t23-/m1/s1. The van der Waals surface area contributed by atoms with Crippen LogP contribution in [0.3, 0.4) is 0 Å². The first-order valence-electron chi connectivity index (χ1n) is 10.0. The number of carbonyl (C=O) groups excluding carboxylic acids is 2. The zero-order valence-corrected chi connectivity index (χ0v) is 16.2. The number of hydrogen-bond donors (Lipinski definition) is 2. The highest BCUT2D eigenvalue weighted by atomic mass is 16.2. The van der Waals surface area contributed by atoms with Crippen molar-refractivity contribution in [2.24, 2.45) is 0 Å². The summed E-state index contributed by atoms with van der Waals surface area (Å²) in [7, 11) is 0. The second kappa shape index (κ2) is 8.74. The highest BCUT2D eigenvalue weighted by Crippen LogP contribution is 2.25. The summed E-state index contributed by atoms with van der Waals surface area (Å²) in [6.07, 6.45) is 3.75. The number of rotatable bonds is 6. The van der Waals surface area contributed by atoms with Crippen LogP contribution in [0.1, 0.15) is 33.5 Å².